The maximum atomic E-state index is 12.7. The summed E-state index contributed by atoms with van der Waals surface area (Å²) >= 11 is 4.97. The minimum Gasteiger partial charge on any atom is -0.479 e. The second kappa shape index (κ2) is 5.32. The Kier molecular flexibility index (Phi) is 3.78. The Bertz CT molecular complexity index is 577. The lowest BCUT2D eigenvalue weighted by Crippen LogP contribution is -2.57. The predicted molar refractivity (Wildman–Crippen MR) is 85.5 cm³/mol. The quantitative estimate of drug-likeness (QED) is 0.855. The lowest BCUT2D eigenvalue weighted by atomic mass is 9.92. The molecule has 0 spiro atoms. The van der Waals surface area contributed by atoms with Crippen LogP contribution in [0, 0.1) is 0 Å². The first-order valence-corrected chi connectivity index (χ1v) is 8.83. The molecule has 6 heteroatoms. The zero-order valence-corrected chi connectivity index (χ0v) is 13.8. The summed E-state index contributed by atoms with van der Waals surface area (Å²) in [6.45, 7) is 0. The monoisotopic (exact) mass is 369 g/mol. The van der Waals surface area contributed by atoms with Crippen molar-refractivity contribution in [3.05, 3.63) is 34.3 Å². The van der Waals surface area contributed by atoms with Gasteiger partial charge in [-0.05, 0) is 42.7 Å². The molecule has 4 nitrogen and oxygen atoms in total. The Hall–Kier alpha value is -1.01. The average molecular weight is 370 g/mol. The van der Waals surface area contributed by atoms with E-state index in [2.05, 4.69) is 21.2 Å². The van der Waals surface area contributed by atoms with Gasteiger partial charge in [-0.1, -0.05) is 28.1 Å². The van der Waals surface area contributed by atoms with Gasteiger partial charge in [-0.25, -0.2) is 4.79 Å². The number of halogens is 1. The third-order valence-corrected chi connectivity index (χ3v) is 6.08. The maximum absolute atomic E-state index is 12.7. The van der Waals surface area contributed by atoms with E-state index < -0.39 is 16.9 Å². The largest absolute Gasteiger partial charge is 0.479 e. The molecule has 0 radical (unpaired) electrons. The van der Waals surface area contributed by atoms with Crippen molar-refractivity contribution in [2.75, 3.05) is 11.5 Å². The second-order valence-electron chi connectivity index (χ2n) is 5.73. The minimum absolute atomic E-state index is 0.144. The molecule has 1 aromatic rings. The fourth-order valence-corrected chi connectivity index (χ4v) is 4.35. The van der Waals surface area contributed by atoms with E-state index in [1.54, 1.807) is 11.8 Å². The Morgan fingerprint density at radius 3 is 2.33 bits per heavy atom. The van der Waals surface area contributed by atoms with Crippen LogP contribution in [0.2, 0.25) is 0 Å². The number of rotatable bonds is 4. The van der Waals surface area contributed by atoms with Crippen LogP contribution in [0.25, 0.3) is 0 Å². The van der Waals surface area contributed by atoms with Gasteiger partial charge in [0.1, 0.15) is 5.54 Å². The number of hydrogen-bond acceptors (Lipinski definition) is 3. The fraction of sp³-hybridized carbons (Fsp3) is 0.467. The molecule has 3 rings (SSSR count). The van der Waals surface area contributed by atoms with Crippen LogP contribution >= 0.6 is 27.7 Å². The highest BCUT2D eigenvalue weighted by molar-refractivity contribution is 9.10. The molecule has 1 aromatic carbocycles. The van der Waals surface area contributed by atoms with Gasteiger partial charge < -0.3 is 10.4 Å². The molecule has 1 aliphatic carbocycles. The lowest BCUT2D eigenvalue weighted by Gasteiger charge is -2.27. The number of thioether (sulfide) groups is 1. The van der Waals surface area contributed by atoms with Crippen LogP contribution in [0.1, 0.15) is 24.8 Å². The zero-order valence-electron chi connectivity index (χ0n) is 11.4. The molecule has 1 heterocycles. The van der Waals surface area contributed by atoms with Gasteiger partial charge in [-0.3, -0.25) is 4.79 Å². The van der Waals surface area contributed by atoms with Crippen LogP contribution in [0.5, 0.6) is 0 Å². The first kappa shape index (κ1) is 14.9. The van der Waals surface area contributed by atoms with Crippen LogP contribution in [-0.4, -0.2) is 34.0 Å². The number of amides is 1. The van der Waals surface area contributed by atoms with E-state index in [0.717, 1.165) is 28.6 Å². The van der Waals surface area contributed by atoms with E-state index in [4.69, 9.17) is 0 Å². The summed E-state index contributed by atoms with van der Waals surface area (Å²) in [5.74, 6) is 0.157. The lowest BCUT2D eigenvalue weighted by molar-refractivity contribution is -0.146. The molecule has 0 aromatic heterocycles. The van der Waals surface area contributed by atoms with E-state index in [0.29, 0.717) is 12.2 Å². The third-order valence-electron chi connectivity index (χ3n) is 4.37. The summed E-state index contributed by atoms with van der Waals surface area (Å²) < 4.78 is 0.969. The highest BCUT2D eigenvalue weighted by Gasteiger charge is 2.54. The number of benzene rings is 1. The van der Waals surface area contributed by atoms with Gasteiger partial charge in [0.25, 0.3) is 0 Å². The maximum Gasteiger partial charge on any atom is 0.330 e. The number of aliphatic carboxylic acids is 1. The third kappa shape index (κ3) is 2.59. The summed E-state index contributed by atoms with van der Waals surface area (Å²) in [5, 5.41) is 12.3. The summed E-state index contributed by atoms with van der Waals surface area (Å²) in [6.07, 6.45) is 2.06. The molecule has 2 N–H and O–H groups in total. The minimum atomic E-state index is -1.09. The Morgan fingerprint density at radius 2 is 1.86 bits per heavy atom. The Labute approximate surface area is 135 Å². The van der Waals surface area contributed by atoms with Crippen molar-refractivity contribution in [1.82, 2.24) is 5.32 Å². The molecule has 21 heavy (non-hydrogen) atoms. The molecule has 1 aliphatic heterocycles. The number of carboxylic acid groups (broad SMARTS) is 1. The summed E-state index contributed by atoms with van der Waals surface area (Å²) in [4.78, 5) is 24.2. The van der Waals surface area contributed by atoms with Crippen molar-refractivity contribution in [2.45, 2.75) is 30.2 Å². The molecule has 1 saturated heterocycles. The SMILES string of the molecule is O=C(O)C1(NC(=O)C2(c3ccc(Br)cc3)CC2)CCSC1. The second-order valence-corrected chi connectivity index (χ2v) is 7.75. The van der Waals surface area contributed by atoms with Crippen LogP contribution in [0.3, 0.4) is 0 Å². The number of carbonyl (C=O) groups is 2. The van der Waals surface area contributed by atoms with Crippen molar-refractivity contribution < 1.29 is 14.7 Å². The number of carbonyl (C=O) groups excluding carboxylic acids is 1. The average Bonchev–Trinajstić information content (AvgIpc) is 3.13. The van der Waals surface area contributed by atoms with E-state index in [1.807, 2.05) is 24.3 Å². The standard InChI is InChI=1S/C15H16BrNO3S/c16-11-3-1-10(2-4-11)14(5-6-14)12(18)17-15(13(19)20)7-8-21-9-15/h1-4H,5-9H2,(H,17,18)(H,19,20). The topological polar surface area (TPSA) is 66.4 Å². The highest BCUT2D eigenvalue weighted by atomic mass is 79.9. The number of nitrogens with one attached hydrogen (secondary N) is 1. The van der Waals surface area contributed by atoms with Gasteiger partial charge in [-0.2, -0.15) is 11.8 Å². The van der Waals surface area contributed by atoms with E-state index in [-0.39, 0.29) is 5.91 Å². The van der Waals surface area contributed by atoms with Gasteiger partial charge >= 0.3 is 5.97 Å². The number of hydrogen-bond donors (Lipinski definition) is 2. The van der Waals surface area contributed by atoms with Crippen LogP contribution in [0.4, 0.5) is 0 Å². The summed E-state index contributed by atoms with van der Waals surface area (Å²) in [7, 11) is 0. The molecular formula is C15H16BrNO3S. The first-order chi connectivity index (χ1) is 9.98. The van der Waals surface area contributed by atoms with E-state index in [1.165, 1.54) is 0 Å². The zero-order chi connectivity index (χ0) is 15.1. The summed E-state index contributed by atoms with van der Waals surface area (Å²) in [6, 6.07) is 7.71. The van der Waals surface area contributed by atoms with Gasteiger partial charge in [0.2, 0.25) is 5.91 Å². The first-order valence-electron chi connectivity index (χ1n) is 6.88. The van der Waals surface area contributed by atoms with Crippen LogP contribution in [0.15, 0.2) is 28.7 Å². The van der Waals surface area contributed by atoms with Crippen molar-refractivity contribution >= 4 is 39.6 Å². The molecule has 1 saturated carbocycles. The van der Waals surface area contributed by atoms with E-state index in [9.17, 15) is 14.7 Å². The molecule has 2 aliphatic rings. The molecular weight excluding hydrogens is 354 g/mol. The van der Waals surface area contributed by atoms with Crippen molar-refractivity contribution in [1.29, 1.82) is 0 Å². The normalized spacial score (nSPS) is 26.3. The van der Waals surface area contributed by atoms with Gasteiger partial charge in [-0.15, -0.1) is 0 Å². The van der Waals surface area contributed by atoms with Crippen molar-refractivity contribution in [3.8, 4) is 0 Å². The Balaban J connectivity index is 1.82. The molecule has 112 valence electrons. The fourth-order valence-electron chi connectivity index (χ4n) is 2.76. The predicted octanol–water partition coefficient (Wildman–Crippen LogP) is 2.56. The van der Waals surface area contributed by atoms with Crippen molar-refractivity contribution in [3.63, 3.8) is 0 Å². The summed E-state index contributed by atoms with van der Waals surface area (Å²) in [5.41, 5.74) is -0.655. The van der Waals surface area contributed by atoms with Crippen LogP contribution in [-0.2, 0) is 15.0 Å². The van der Waals surface area contributed by atoms with E-state index >= 15 is 0 Å². The van der Waals surface area contributed by atoms with Crippen molar-refractivity contribution in [2.24, 2.45) is 0 Å². The van der Waals surface area contributed by atoms with Gasteiger partial charge in [0, 0.05) is 10.2 Å². The molecule has 1 amide bonds. The number of carboxylic acids is 1. The smallest absolute Gasteiger partial charge is 0.330 e. The molecule has 2 fully saturated rings. The van der Waals surface area contributed by atoms with Gasteiger partial charge in [0.15, 0.2) is 0 Å². The molecule has 1 unspecified atom stereocenters. The molecule has 1 atom stereocenters. The highest BCUT2D eigenvalue weighted by Crippen LogP contribution is 2.49. The molecule has 0 bridgehead atoms. The van der Waals surface area contributed by atoms with Gasteiger partial charge in [0.05, 0.1) is 5.41 Å². The Morgan fingerprint density at radius 1 is 1.19 bits per heavy atom. The van der Waals surface area contributed by atoms with Crippen LogP contribution < -0.4 is 5.32 Å².